The van der Waals surface area contributed by atoms with E-state index in [1.807, 2.05) is 31.3 Å². The van der Waals surface area contributed by atoms with Crippen molar-refractivity contribution in [2.24, 2.45) is 0 Å². The molecular formula is C12H14N2O. The molecule has 1 aromatic rings. The van der Waals surface area contributed by atoms with E-state index in [2.05, 4.69) is 22.5 Å². The van der Waals surface area contributed by atoms with Crippen molar-refractivity contribution in [3.63, 3.8) is 0 Å². The highest BCUT2D eigenvalue weighted by Gasteiger charge is 1.89. The highest BCUT2D eigenvalue weighted by molar-refractivity contribution is 5.73. The molecule has 1 amide bonds. The third-order valence-corrected chi connectivity index (χ3v) is 1.81. The van der Waals surface area contributed by atoms with E-state index in [9.17, 15) is 4.79 Å². The van der Waals surface area contributed by atoms with Crippen LogP contribution in [0.5, 0.6) is 0 Å². The van der Waals surface area contributed by atoms with Crippen molar-refractivity contribution >= 4 is 11.6 Å². The van der Waals surface area contributed by atoms with Gasteiger partial charge in [-0.05, 0) is 18.2 Å². The number of anilines is 1. The second kappa shape index (κ2) is 5.71. The zero-order valence-electron chi connectivity index (χ0n) is 8.92. The highest BCUT2D eigenvalue weighted by Crippen LogP contribution is 2.07. The molecule has 0 heterocycles. The van der Waals surface area contributed by atoms with Gasteiger partial charge in [0.15, 0.2) is 0 Å². The average Bonchev–Trinajstić information content (AvgIpc) is 2.24. The number of carbonyl (C=O) groups excluding carboxylic acids is 1. The molecule has 3 nitrogen and oxygen atoms in total. The summed E-state index contributed by atoms with van der Waals surface area (Å²) in [6.45, 7) is 1.86. The molecule has 2 N–H and O–H groups in total. The number of amides is 1. The molecule has 0 aliphatic rings. The highest BCUT2D eigenvalue weighted by atomic mass is 16.1. The van der Waals surface area contributed by atoms with Crippen LogP contribution in [0.2, 0.25) is 0 Å². The van der Waals surface area contributed by atoms with Crippen LogP contribution in [0.3, 0.4) is 0 Å². The maximum absolute atomic E-state index is 10.6. The Kier molecular flexibility index (Phi) is 4.24. The number of rotatable bonds is 2. The van der Waals surface area contributed by atoms with E-state index >= 15 is 0 Å². The van der Waals surface area contributed by atoms with Crippen LogP contribution in [0, 0.1) is 11.8 Å². The van der Waals surface area contributed by atoms with Crippen LogP contribution in [0.1, 0.15) is 12.5 Å². The van der Waals surface area contributed by atoms with Gasteiger partial charge in [-0.1, -0.05) is 17.9 Å². The molecule has 15 heavy (non-hydrogen) atoms. The molecule has 0 aliphatic carbocycles. The first kappa shape index (κ1) is 11.1. The summed E-state index contributed by atoms with van der Waals surface area (Å²) in [6, 6.07) is 7.80. The Morgan fingerprint density at radius 1 is 1.47 bits per heavy atom. The van der Waals surface area contributed by atoms with E-state index in [-0.39, 0.29) is 5.91 Å². The average molecular weight is 202 g/mol. The van der Waals surface area contributed by atoms with Gasteiger partial charge < -0.3 is 10.6 Å². The summed E-state index contributed by atoms with van der Waals surface area (Å²) in [4.78, 5) is 10.6. The minimum absolute atomic E-state index is 0.0618. The van der Waals surface area contributed by atoms with Crippen LogP contribution in [0.25, 0.3) is 0 Å². The number of benzene rings is 1. The maximum Gasteiger partial charge on any atom is 0.217 e. The van der Waals surface area contributed by atoms with Crippen LogP contribution in [-0.4, -0.2) is 19.5 Å². The van der Waals surface area contributed by atoms with E-state index in [4.69, 9.17) is 0 Å². The Bertz CT molecular complexity index is 402. The molecule has 0 radical (unpaired) electrons. The normalized spacial score (nSPS) is 8.67. The van der Waals surface area contributed by atoms with E-state index < -0.39 is 0 Å². The van der Waals surface area contributed by atoms with Crippen molar-refractivity contribution in [1.82, 2.24) is 5.32 Å². The Morgan fingerprint density at radius 3 is 2.93 bits per heavy atom. The summed E-state index contributed by atoms with van der Waals surface area (Å²) in [5.74, 6) is 5.78. The number of hydrogen-bond acceptors (Lipinski definition) is 2. The van der Waals surface area contributed by atoms with Gasteiger partial charge in [-0.15, -0.1) is 0 Å². The van der Waals surface area contributed by atoms with Crippen molar-refractivity contribution in [2.75, 3.05) is 18.9 Å². The molecule has 1 aromatic carbocycles. The molecular weight excluding hydrogens is 188 g/mol. The van der Waals surface area contributed by atoms with Crippen molar-refractivity contribution in [3.05, 3.63) is 29.8 Å². The predicted molar refractivity (Wildman–Crippen MR) is 61.6 cm³/mol. The van der Waals surface area contributed by atoms with Gasteiger partial charge in [-0.25, -0.2) is 0 Å². The Morgan fingerprint density at radius 2 is 2.27 bits per heavy atom. The van der Waals surface area contributed by atoms with E-state index in [0.717, 1.165) is 11.3 Å². The smallest absolute Gasteiger partial charge is 0.217 e. The largest absolute Gasteiger partial charge is 0.388 e. The number of carbonyl (C=O) groups is 1. The van der Waals surface area contributed by atoms with Gasteiger partial charge in [0.2, 0.25) is 5.91 Å². The molecule has 0 atom stereocenters. The summed E-state index contributed by atoms with van der Waals surface area (Å²) in [6.07, 6.45) is 0. The van der Waals surface area contributed by atoms with Crippen molar-refractivity contribution < 1.29 is 4.79 Å². The molecule has 0 unspecified atom stereocenters. The fraction of sp³-hybridized carbons (Fsp3) is 0.250. The zero-order valence-corrected chi connectivity index (χ0v) is 8.92. The Labute approximate surface area is 89.9 Å². The molecule has 78 valence electrons. The van der Waals surface area contributed by atoms with Crippen molar-refractivity contribution in [2.45, 2.75) is 6.92 Å². The quantitative estimate of drug-likeness (QED) is 0.708. The van der Waals surface area contributed by atoms with Crippen LogP contribution < -0.4 is 10.6 Å². The minimum Gasteiger partial charge on any atom is -0.388 e. The fourth-order valence-corrected chi connectivity index (χ4v) is 1.07. The summed E-state index contributed by atoms with van der Waals surface area (Å²) >= 11 is 0. The summed E-state index contributed by atoms with van der Waals surface area (Å²) < 4.78 is 0. The van der Waals surface area contributed by atoms with Gasteiger partial charge in [0.25, 0.3) is 0 Å². The fourth-order valence-electron chi connectivity index (χ4n) is 1.07. The van der Waals surface area contributed by atoms with Crippen LogP contribution >= 0.6 is 0 Å². The molecule has 0 aliphatic heterocycles. The van der Waals surface area contributed by atoms with Crippen LogP contribution in [0.15, 0.2) is 24.3 Å². The maximum atomic E-state index is 10.6. The van der Waals surface area contributed by atoms with E-state index in [1.165, 1.54) is 6.92 Å². The second-order valence-corrected chi connectivity index (χ2v) is 3.04. The zero-order chi connectivity index (χ0) is 11.1. The molecule has 3 heteroatoms. The number of hydrogen-bond donors (Lipinski definition) is 2. The van der Waals surface area contributed by atoms with Gasteiger partial charge in [0.1, 0.15) is 0 Å². The predicted octanol–water partition coefficient (Wildman–Crippen LogP) is 1.22. The van der Waals surface area contributed by atoms with Crippen LogP contribution in [-0.2, 0) is 4.79 Å². The molecule has 0 saturated heterocycles. The first-order valence-corrected chi connectivity index (χ1v) is 4.73. The third-order valence-electron chi connectivity index (χ3n) is 1.81. The lowest BCUT2D eigenvalue weighted by Crippen LogP contribution is -2.19. The van der Waals surface area contributed by atoms with Crippen molar-refractivity contribution in [3.8, 4) is 11.8 Å². The van der Waals surface area contributed by atoms with Gasteiger partial charge >= 0.3 is 0 Å². The summed E-state index contributed by atoms with van der Waals surface area (Å²) in [5, 5.41) is 5.65. The molecule has 0 spiro atoms. The second-order valence-electron chi connectivity index (χ2n) is 3.04. The number of nitrogens with one attached hydrogen (secondary N) is 2. The SMILES string of the molecule is CNc1cccc(C#CCNC(C)=O)c1. The van der Waals surface area contributed by atoms with Gasteiger partial charge in [0, 0.05) is 25.2 Å². The monoisotopic (exact) mass is 202 g/mol. The minimum atomic E-state index is -0.0618. The molecule has 0 saturated carbocycles. The van der Waals surface area contributed by atoms with Gasteiger partial charge in [0.05, 0.1) is 6.54 Å². The van der Waals surface area contributed by atoms with Gasteiger partial charge in [-0.3, -0.25) is 4.79 Å². The van der Waals surface area contributed by atoms with Crippen molar-refractivity contribution in [1.29, 1.82) is 0 Å². The molecule has 0 fully saturated rings. The Balaban J connectivity index is 2.59. The van der Waals surface area contributed by atoms with Gasteiger partial charge in [-0.2, -0.15) is 0 Å². The molecule has 0 bridgehead atoms. The molecule has 1 rings (SSSR count). The summed E-state index contributed by atoms with van der Waals surface area (Å²) in [7, 11) is 1.86. The van der Waals surface area contributed by atoms with E-state index in [1.54, 1.807) is 0 Å². The lowest BCUT2D eigenvalue weighted by molar-refractivity contribution is -0.118. The first-order chi connectivity index (χ1) is 7.22. The lowest BCUT2D eigenvalue weighted by atomic mass is 10.2. The standard InChI is InChI=1S/C12H14N2O/c1-10(15)14-8-4-6-11-5-3-7-12(9-11)13-2/h3,5,7,9,13H,8H2,1-2H3,(H,14,15). The molecule has 0 aromatic heterocycles. The first-order valence-electron chi connectivity index (χ1n) is 4.73. The summed E-state index contributed by atoms with van der Waals surface area (Å²) in [5.41, 5.74) is 1.97. The van der Waals surface area contributed by atoms with E-state index in [0.29, 0.717) is 6.54 Å². The lowest BCUT2D eigenvalue weighted by Gasteiger charge is -1.98. The topological polar surface area (TPSA) is 41.1 Å². The van der Waals surface area contributed by atoms with Crippen LogP contribution in [0.4, 0.5) is 5.69 Å². The Hall–Kier alpha value is -1.95. The third kappa shape index (κ3) is 4.19.